The summed E-state index contributed by atoms with van der Waals surface area (Å²) < 4.78 is 12.2. The third-order valence-electron chi connectivity index (χ3n) is 9.12. The first kappa shape index (κ1) is 27.0. The molecule has 4 aliphatic rings. The molecule has 0 amide bonds. The number of hydrogen-bond donors (Lipinski definition) is 4. The standard InChI is InChI=1S/C29H46O6/c1-16(2)13-21(30)18-7-8-20-24-19(17(3)4)9-10-28(24,5)11-12-29(20,6)23(14-18)35-27-26(33)25(32)22(31)15-34-27/h7-8,16-17,21-23,25-27,30-33H,9-15H2,1-6H3/t21?,22-,23+,25+,26-,27+,28-,29-/m1/s1. The molecule has 1 saturated heterocycles. The number of hydrogen-bond acceptors (Lipinski definition) is 6. The summed E-state index contributed by atoms with van der Waals surface area (Å²) in [6, 6.07) is 0. The van der Waals surface area contributed by atoms with Crippen molar-refractivity contribution >= 4 is 0 Å². The Labute approximate surface area is 210 Å². The molecule has 2 fully saturated rings. The first-order chi connectivity index (χ1) is 16.4. The van der Waals surface area contributed by atoms with Gasteiger partial charge in [0.2, 0.25) is 0 Å². The molecule has 3 aliphatic carbocycles. The molecule has 8 atom stereocenters. The molecule has 0 radical (unpaired) electrons. The molecular weight excluding hydrogens is 444 g/mol. The van der Waals surface area contributed by atoms with Crippen molar-refractivity contribution in [2.45, 2.75) is 117 Å². The zero-order chi connectivity index (χ0) is 25.7. The predicted molar refractivity (Wildman–Crippen MR) is 135 cm³/mol. The van der Waals surface area contributed by atoms with Crippen LogP contribution in [0.2, 0.25) is 0 Å². The lowest BCUT2D eigenvalue weighted by Gasteiger charge is -2.50. The van der Waals surface area contributed by atoms with Crippen LogP contribution in [-0.4, -0.2) is 63.8 Å². The molecular formula is C29H46O6. The van der Waals surface area contributed by atoms with Crippen molar-refractivity contribution in [1.82, 2.24) is 0 Å². The van der Waals surface area contributed by atoms with Crippen molar-refractivity contribution < 1.29 is 29.9 Å². The summed E-state index contributed by atoms with van der Waals surface area (Å²) in [5, 5.41) is 41.9. The van der Waals surface area contributed by atoms with E-state index < -0.39 is 30.7 Å². The molecule has 35 heavy (non-hydrogen) atoms. The van der Waals surface area contributed by atoms with Crippen molar-refractivity contribution in [3.8, 4) is 0 Å². The molecule has 0 spiro atoms. The Morgan fingerprint density at radius 3 is 2.40 bits per heavy atom. The van der Waals surface area contributed by atoms with Gasteiger partial charge in [-0.3, -0.25) is 0 Å². The van der Waals surface area contributed by atoms with Gasteiger partial charge in [-0.05, 0) is 72.5 Å². The molecule has 1 unspecified atom stereocenters. The van der Waals surface area contributed by atoms with Gasteiger partial charge in [-0.25, -0.2) is 0 Å². The van der Waals surface area contributed by atoms with Crippen LogP contribution in [0.4, 0.5) is 0 Å². The van der Waals surface area contributed by atoms with Crippen LogP contribution in [-0.2, 0) is 9.47 Å². The fraction of sp³-hybridized carbons (Fsp3) is 0.793. The van der Waals surface area contributed by atoms with Crippen LogP contribution in [0.5, 0.6) is 0 Å². The van der Waals surface area contributed by atoms with Gasteiger partial charge in [0.15, 0.2) is 6.29 Å². The molecule has 4 rings (SSSR count). The van der Waals surface area contributed by atoms with Crippen molar-refractivity contribution in [1.29, 1.82) is 0 Å². The van der Waals surface area contributed by atoms with E-state index in [4.69, 9.17) is 9.47 Å². The van der Waals surface area contributed by atoms with Crippen LogP contribution < -0.4 is 0 Å². The highest BCUT2D eigenvalue weighted by Crippen LogP contribution is 2.62. The van der Waals surface area contributed by atoms with Gasteiger partial charge in [0.05, 0.1) is 18.8 Å². The van der Waals surface area contributed by atoms with Gasteiger partial charge >= 0.3 is 0 Å². The summed E-state index contributed by atoms with van der Waals surface area (Å²) in [7, 11) is 0. The molecule has 0 bridgehead atoms. The first-order valence-electron chi connectivity index (χ1n) is 13.5. The first-order valence-corrected chi connectivity index (χ1v) is 13.5. The minimum absolute atomic E-state index is 0.0889. The van der Waals surface area contributed by atoms with Gasteiger partial charge < -0.3 is 29.9 Å². The fourth-order valence-electron chi connectivity index (χ4n) is 6.74. The number of allylic oxidation sites excluding steroid dienone is 4. The van der Waals surface area contributed by atoms with E-state index in [2.05, 4.69) is 53.7 Å². The lowest BCUT2D eigenvalue weighted by molar-refractivity contribution is -0.291. The second kappa shape index (κ2) is 10.0. The Morgan fingerprint density at radius 1 is 1.03 bits per heavy atom. The van der Waals surface area contributed by atoms with E-state index >= 15 is 0 Å². The second-order valence-electron chi connectivity index (χ2n) is 12.6. The van der Waals surface area contributed by atoms with Crippen LogP contribution in [0.15, 0.2) is 34.4 Å². The smallest absolute Gasteiger partial charge is 0.186 e. The summed E-state index contributed by atoms with van der Waals surface area (Å²) in [6.45, 7) is 13.3. The van der Waals surface area contributed by atoms with E-state index in [0.717, 1.165) is 31.3 Å². The third-order valence-corrected chi connectivity index (χ3v) is 9.12. The largest absolute Gasteiger partial charge is 0.389 e. The Kier molecular flexibility index (Phi) is 7.75. The maximum Gasteiger partial charge on any atom is 0.186 e. The molecule has 0 aromatic carbocycles. The molecule has 6 heteroatoms. The van der Waals surface area contributed by atoms with Crippen LogP contribution in [0, 0.1) is 22.7 Å². The Bertz CT molecular complexity index is 888. The zero-order valence-electron chi connectivity index (χ0n) is 22.3. The molecule has 6 nitrogen and oxygen atoms in total. The lowest BCUT2D eigenvalue weighted by Crippen LogP contribution is -2.56. The highest BCUT2D eigenvalue weighted by Gasteiger charge is 2.53. The fourth-order valence-corrected chi connectivity index (χ4v) is 6.74. The van der Waals surface area contributed by atoms with E-state index in [9.17, 15) is 20.4 Å². The summed E-state index contributed by atoms with van der Waals surface area (Å²) >= 11 is 0. The number of aliphatic hydroxyl groups is 4. The summed E-state index contributed by atoms with van der Waals surface area (Å²) in [5.41, 5.74) is 5.02. The summed E-state index contributed by atoms with van der Waals surface area (Å²) in [5.74, 6) is 0.820. The van der Waals surface area contributed by atoms with Gasteiger partial charge in [-0.1, -0.05) is 59.3 Å². The van der Waals surface area contributed by atoms with Crippen molar-refractivity contribution in [3.05, 3.63) is 34.4 Å². The topological polar surface area (TPSA) is 99.4 Å². The molecule has 198 valence electrons. The minimum atomic E-state index is -1.34. The predicted octanol–water partition coefficient (Wildman–Crippen LogP) is 4.03. The van der Waals surface area contributed by atoms with Crippen LogP contribution >= 0.6 is 0 Å². The van der Waals surface area contributed by atoms with E-state index in [0.29, 0.717) is 24.7 Å². The number of aliphatic hydroxyl groups excluding tert-OH is 4. The third kappa shape index (κ3) is 4.95. The van der Waals surface area contributed by atoms with E-state index in [1.807, 2.05) is 0 Å². The SMILES string of the molecule is CC(C)CC(O)C1=CC=C2C3=C(C(C)C)CC[C@]3(C)CC[C@@]2(C)[C@@H](O[C@@H]2OC[C@@H](O)[C@H](O)[C@H]2O)C1. The molecule has 4 N–H and O–H groups in total. The highest BCUT2D eigenvalue weighted by molar-refractivity contribution is 5.52. The number of ether oxygens (including phenoxy) is 2. The van der Waals surface area contributed by atoms with Crippen molar-refractivity contribution in [2.75, 3.05) is 6.61 Å². The zero-order valence-corrected chi connectivity index (χ0v) is 22.3. The maximum absolute atomic E-state index is 11.1. The normalized spacial score (nSPS) is 40.9. The average molecular weight is 491 g/mol. The maximum atomic E-state index is 11.1. The Balaban J connectivity index is 1.76. The van der Waals surface area contributed by atoms with E-state index in [1.54, 1.807) is 0 Å². The van der Waals surface area contributed by atoms with Crippen LogP contribution in [0.3, 0.4) is 0 Å². The number of fused-ring (bicyclic) bond motifs is 3. The highest BCUT2D eigenvalue weighted by atomic mass is 16.7. The van der Waals surface area contributed by atoms with Gasteiger partial charge in [0, 0.05) is 5.41 Å². The number of rotatable bonds is 6. The second-order valence-corrected chi connectivity index (χ2v) is 12.6. The van der Waals surface area contributed by atoms with Crippen LogP contribution in [0.1, 0.15) is 80.1 Å². The van der Waals surface area contributed by atoms with Gasteiger partial charge in [0.25, 0.3) is 0 Å². The lowest BCUT2D eigenvalue weighted by atomic mass is 9.57. The van der Waals surface area contributed by atoms with Crippen molar-refractivity contribution in [3.63, 3.8) is 0 Å². The molecule has 0 aromatic heterocycles. The van der Waals surface area contributed by atoms with Crippen molar-refractivity contribution in [2.24, 2.45) is 22.7 Å². The van der Waals surface area contributed by atoms with E-state index in [-0.39, 0.29) is 23.5 Å². The van der Waals surface area contributed by atoms with E-state index in [1.165, 1.54) is 16.7 Å². The monoisotopic (exact) mass is 490 g/mol. The van der Waals surface area contributed by atoms with Gasteiger partial charge in [0.1, 0.15) is 18.3 Å². The summed E-state index contributed by atoms with van der Waals surface area (Å²) in [4.78, 5) is 0. The molecule has 1 saturated carbocycles. The molecule has 1 heterocycles. The molecule has 0 aromatic rings. The molecule has 1 aliphatic heterocycles. The average Bonchev–Trinajstić information content (AvgIpc) is 3.06. The van der Waals surface area contributed by atoms with Gasteiger partial charge in [-0.2, -0.15) is 0 Å². The van der Waals surface area contributed by atoms with Gasteiger partial charge in [-0.15, -0.1) is 0 Å². The minimum Gasteiger partial charge on any atom is -0.389 e. The Hall–Kier alpha value is -1.02. The summed E-state index contributed by atoms with van der Waals surface area (Å²) in [6.07, 6.45) is 4.07. The quantitative estimate of drug-likeness (QED) is 0.449. The Morgan fingerprint density at radius 2 is 1.74 bits per heavy atom. The van der Waals surface area contributed by atoms with Crippen LogP contribution in [0.25, 0.3) is 0 Å².